The molecule has 176 valence electrons. The summed E-state index contributed by atoms with van der Waals surface area (Å²) in [5.74, 6) is 1.46. The van der Waals surface area contributed by atoms with E-state index in [0.717, 1.165) is 12.0 Å². The van der Waals surface area contributed by atoms with E-state index in [0.29, 0.717) is 47.7 Å². The van der Waals surface area contributed by atoms with Crippen LogP contribution in [0.2, 0.25) is 5.02 Å². The van der Waals surface area contributed by atoms with Gasteiger partial charge in [0, 0.05) is 17.5 Å². The molecule has 9 nitrogen and oxygen atoms in total. The monoisotopic (exact) mass is 492 g/mol. The second-order valence-corrected chi connectivity index (χ2v) is 9.86. The number of nitrogens with one attached hydrogen (secondary N) is 1. The number of para-hydroxylation sites is 1. The molecule has 4 rings (SSSR count). The van der Waals surface area contributed by atoms with Crippen molar-refractivity contribution in [3.63, 3.8) is 0 Å². The first kappa shape index (κ1) is 23.3. The van der Waals surface area contributed by atoms with Gasteiger partial charge in [0.2, 0.25) is 16.0 Å². The van der Waals surface area contributed by atoms with E-state index >= 15 is 0 Å². The number of hydrogen-bond donors (Lipinski definition) is 1. The van der Waals surface area contributed by atoms with Crippen molar-refractivity contribution in [2.75, 3.05) is 37.9 Å². The van der Waals surface area contributed by atoms with Crippen LogP contribution in [0.5, 0.6) is 11.5 Å². The highest BCUT2D eigenvalue weighted by Crippen LogP contribution is 2.38. The van der Waals surface area contributed by atoms with E-state index in [4.69, 9.17) is 25.8 Å². The van der Waals surface area contributed by atoms with E-state index in [1.807, 2.05) is 0 Å². The molecule has 2 aromatic carbocycles. The second kappa shape index (κ2) is 9.98. The fraction of sp³-hybridized carbons (Fsp3) is 0.364. The Kier molecular flexibility index (Phi) is 7.06. The highest BCUT2D eigenvalue weighted by atomic mass is 35.5. The molecule has 0 saturated carbocycles. The zero-order chi connectivity index (χ0) is 23.4. The maximum Gasteiger partial charge on any atom is 0.243 e. The van der Waals surface area contributed by atoms with Crippen LogP contribution < -0.4 is 14.2 Å². The van der Waals surface area contributed by atoms with Gasteiger partial charge in [-0.25, -0.2) is 8.42 Å². The molecule has 0 aliphatic carbocycles. The largest absolute Gasteiger partial charge is 0.494 e. The number of nitrogens with zero attached hydrogens (tertiary/aromatic N) is 3. The van der Waals surface area contributed by atoms with Crippen LogP contribution >= 0.6 is 11.6 Å². The summed E-state index contributed by atoms with van der Waals surface area (Å²) in [7, 11) is -0.665. The lowest BCUT2D eigenvalue weighted by Crippen LogP contribution is -2.21. The molecule has 1 aliphatic rings. The van der Waals surface area contributed by atoms with Gasteiger partial charge in [-0.1, -0.05) is 29.8 Å². The summed E-state index contributed by atoms with van der Waals surface area (Å²) in [6.45, 7) is 1.07. The first-order chi connectivity index (χ1) is 15.9. The minimum atomic E-state index is -3.74. The van der Waals surface area contributed by atoms with Gasteiger partial charge >= 0.3 is 0 Å². The fourth-order valence-corrected chi connectivity index (χ4v) is 4.87. The normalized spacial score (nSPS) is 16.0. The Morgan fingerprint density at radius 1 is 1.12 bits per heavy atom. The van der Waals surface area contributed by atoms with Gasteiger partial charge in [0.15, 0.2) is 0 Å². The standard InChI is InChI=1S/C22H25ClN4O5S/c1-30-18-4-3-5-19(31-2)20(18)27-21(16-10-12-32-14-16)24-25-22(27)26-33(28,29)13-11-15-6-8-17(23)9-7-15/h3-9,16H,10-14H2,1-2H3,(H,25,26)/t16-/m1/s1. The van der Waals surface area contributed by atoms with Crippen LogP contribution in [0, 0.1) is 0 Å². The Morgan fingerprint density at radius 3 is 2.42 bits per heavy atom. The van der Waals surface area contributed by atoms with Gasteiger partial charge in [-0.2, -0.15) is 0 Å². The van der Waals surface area contributed by atoms with Crippen LogP contribution in [0.4, 0.5) is 5.95 Å². The molecule has 1 atom stereocenters. The Morgan fingerprint density at radius 2 is 1.82 bits per heavy atom. The molecule has 1 aromatic heterocycles. The number of methoxy groups -OCH3 is 2. The van der Waals surface area contributed by atoms with Gasteiger partial charge in [-0.15, -0.1) is 10.2 Å². The predicted molar refractivity (Wildman–Crippen MR) is 125 cm³/mol. The lowest BCUT2D eigenvalue weighted by Gasteiger charge is -2.19. The second-order valence-electron chi connectivity index (χ2n) is 7.59. The molecule has 1 saturated heterocycles. The molecular weight excluding hydrogens is 468 g/mol. The van der Waals surface area contributed by atoms with Gasteiger partial charge in [-0.05, 0) is 42.7 Å². The molecule has 0 amide bonds. The molecular formula is C22H25ClN4O5S. The minimum absolute atomic E-state index is 0.0422. The minimum Gasteiger partial charge on any atom is -0.494 e. The Hall–Kier alpha value is -2.82. The van der Waals surface area contributed by atoms with Crippen molar-refractivity contribution < 1.29 is 22.6 Å². The first-order valence-corrected chi connectivity index (χ1v) is 12.4. The summed E-state index contributed by atoms with van der Waals surface area (Å²) >= 11 is 5.91. The van der Waals surface area contributed by atoms with Crippen LogP contribution in [0.15, 0.2) is 42.5 Å². The summed E-state index contributed by atoms with van der Waals surface area (Å²) in [5, 5.41) is 9.10. The zero-order valence-electron chi connectivity index (χ0n) is 18.3. The van der Waals surface area contributed by atoms with E-state index < -0.39 is 10.0 Å². The third-order valence-electron chi connectivity index (χ3n) is 5.43. The quantitative estimate of drug-likeness (QED) is 0.488. The lowest BCUT2D eigenvalue weighted by atomic mass is 10.1. The van der Waals surface area contributed by atoms with Crippen molar-refractivity contribution in [2.24, 2.45) is 0 Å². The number of halogens is 1. The molecule has 1 aliphatic heterocycles. The van der Waals surface area contributed by atoms with E-state index in [2.05, 4.69) is 14.9 Å². The molecule has 3 aromatic rings. The van der Waals surface area contributed by atoms with E-state index in [1.165, 1.54) is 14.2 Å². The van der Waals surface area contributed by atoms with E-state index in [-0.39, 0.29) is 17.6 Å². The van der Waals surface area contributed by atoms with Crippen molar-refractivity contribution in [1.82, 2.24) is 14.8 Å². The van der Waals surface area contributed by atoms with Gasteiger partial charge in [-0.3, -0.25) is 9.29 Å². The van der Waals surface area contributed by atoms with Gasteiger partial charge in [0.05, 0.1) is 26.6 Å². The van der Waals surface area contributed by atoms with Crippen LogP contribution in [-0.4, -0.2) is 56.4 Å². The number of ether oxygens (including phenoxy) is 3. The van der Waals surface area contributed by atoms with Crippen LogP contribution in [-0.2, 0) is 21.2 Å². The summed E-state index contributed by atoms with van der Waals surface area (Å²) < 4.78 is 46.8. The fourth-order valence-electron chi connectivity index (χ4n) is 3.73. The molecule has 0 spiro atoms. The molecule has 0 radical (unpaired) electrons. The van der Waals surface area contributed by atoms with Crippen molar-refractivity contribution in [1.29, 1.82) is 0 Å². The van der Waals surface area contributed by atoms with Gasteiger partial charge in [0.1, 0.15) is 23.0 Å². The van der Waals surface area contributed by atoms with Crippen LogP contribution in [0.3, 0.4) is 0 Å². The summed E-state index contributed by atoms with van der Waals surface area (Å²) in [5.41, 5.74) is 1.38. The number of anilines is 1. The van der Waals surface area contributed by atoms with Crippen molar-refractivity contribution in [3.8, 4) is 17.2 Å². The average Bonchev–Trinajstić information content (AvgIpc) is 3.48. The number of aromatic nitrogens is 3. The molecule has 1 fully saturated rings. The Balaban J connectivity index is 1.70. The SMILES string of the molecule is COc1cccc(OC)c1-n1c(NS(=O)(=O)CCc2ccc(Cl)cc2)nnc1[C@@H]1CCOC1. The highest BCUT2D eigenvalue weighted by molar-refractivity contribution is 7.92. The van der Waals surface area contributed by atoms with E-state index in [9.17, 15) is 8.42 Å². The summed E-state index contributed by atoms with van der Waals surface area (Å²) in [6, 6.07) is 12.4. The maximum atomic E-state index is 13.0. The Labute approximate surface area is 197 Å². The Bertz CT molecular complexity index is 1190. The molecule has 11 heteroatoms. The van der Waals surface area contributed by atoms with E-state index in [1.54, 1.807) is 47.0 Å². The van der Waals surface area contributed by atoms with Crippen LogP contribution in [0.1, 0.15) is 23.7 Å². The number of rotatable bonds is 9. The molecule has 1 N–H and O–H groups in total. The average molecular weight is 493 g/mol. The molecule has 2 heterocycles. The van der Waals surface area contributed by atoms with Crippen LogP contribution in [0.25, 0.3) is 5.69 Å². The maximum absolute atomic E-state index is 13.0. The van der Waals surface area contributed by atoms with Crippen molar-refractivity contribution >= 4 is 27.6 Å². The topological polar surface area (TPSA) is 105 Å². The molecule has 0 unspecified atom stereocenters. The lowest BCUT2D eigenvalue weighted by molar-refractivity contribution is 0.193. The summed E-state index contributed by atoms with van der Waals surface area (Å²) in [4.78, 5) is 0. The highest BCUT2D eigenvalue weighted by Gasteiger charge is 2.30. The van der Waals surface area contributed by atoms with Gasteiger partial charge < -0.3 is 14.2 Å². The zero-order valence-corrected chi connectivity index (χ0v) is 19.9. The third kappa shape index (κ3) is 5.23. The molecule has 33 heavy (non-hydrogen) atoms. The summed E-state index contributed by atoms with van der Waals surface area (Å²) in [6.07, 6.45) is 1.07. The predicted octanol–water partition coefficient (Wildman–Crippen LogP) is 3.43. The number of benzene rings is 2. The first-order valence-electron chi connectivity index (χ1n) is 10.4. The number of hydrogen-bond acceptors (Lipinski definition) is 7. The number of aryl methyl sites for hydroxylation is 1. The van der Waals surface area contributed by atoms with Gasteiger partial charge in [0.25, 0.3) is 0 Å². The third-order valence-corrected chi connectivity index (χ3v) is 6.91. The van der Waals surface area contributed by atoms with Crippen molar-refractivity contribution in [2.45, 2.75) is 18.8 Å². The molecule has 0 bridgehead atoms. The van der Waals surface area contributed by atoms with Crippen molar-refractivity contribution in [3.05, 3.63) is 58.9 Å². The smallest absolute Gasteiger partial charge is 0.243 e. The number of sulfonamides is 1.